The van der Waals surface area contributed by atoms with Crippen LogP contribution in [0.25, 0.3) is 0 Å². The number of anilines is 1. The van der Waals surface area contributed by atoms with Crippen molar-refractivity contribution in [2.24, 2.45) is 0 Å². The molecule has 0 spiro atoms. The lowest BCUT2D eigenvalue weighted by atomic mass is 10.1. The van der Waals surface area contributed by atoms with Crippen LogP contribution in [0.1, 0.15) is 16.1 Å². The fourth-order valence-corrected chi connectivity index (χ4v) is 1.58. The summed E-state index contributed by atoms with van der Waals surface area (Å²) in [6, 6.07) is 5.56. The quantitative estimate of drug-likeness (QED) is 0.830. The van der Waals surface area contributed by atoms with Crippen molar-refractivity contribution in [2.45, 2.75) is 6.92 Å². The summed E-state index contributed by atoms with van der Waals surface area (Å²) in [5.74, 6) is -1.79. The van der Waals surface area contributed by atoms with Crippen molar-refractivity contribution in [1.82, 2.24) is 4.98 Å². The van der Waals surface area contributed by atoms with Gasteiger partial charge in [0.15, 0.2) is 0 Å². The molecule has 0 unspecified atom stereocenters. The number of hydrogen-bond acceptors (Lipinski definition) is 4. The maximum Gasteiger partial charge on any atom is 0.341 e. The van der Waals surface area contributed by atoms with Gasteiger partial charge in [-0.05, 0) is 31.2 Å². The van der Waals surface area contributed by atoms with Crippen molar-refractivity contribution in [3.05, 3.63) is 47.5 Å². The van der Waals surface area contributed by atoms with Crippen LogP contribution in [0.5, 0.6) is 11.5 Å². The van der Waals surface area contributed by atoms with Gasteiger partial charge in [-0.1, -0.05) is 0 Å². The van der Waals surface area contributed by atoms with Crippen LogP contribution in [0.4, 0.5) is 10.1 Å². The first-order chi connectivity index (χ1) is 9.00. The summed E-state index contributed by atoms with van der Waals surface area (Å²) >= 11 is 0. The Morgan fingerprint density at radius 2 is 2.11 bits per heavy atom. The predicted molar refractivity (Wildman–Crippen MR) is 66.8 cm³/mol. The summed E-state index contributed by atoms with van der Waals surface area (Å²) in [5, 5.41) is 9.08. The van der Waals surface area contributed by atoms with Crippen LogP contribution in [-0.2, 0) is 0 Å². The second-order valence-electron chi connectivity index (χ2n) is 3.83. The number of ether oxygens (including phenoxy) is 1. The molecule has 0 atom stereocenters. The number of aromatic nitrogens is 1. The zero-order valence-corrected chi connectivity index (χ0v) is 10.1. The lowest BCUT2D eigenvalue weighted by molar-refractivity contribution is 0.0695. The van der Waals surface area contributed by atoms with Gasteiger partial charge in [0.2, 0.25) is 0 Å². The molecule has 1 aromatic carbocycles. The summed E-state index contributed by atoms with van der Waals surface area (Å²) in [6.07, 6.45) is 1.58. The van der Waals surface area contributed by atoms with Gasteiger partial charge in [-0.2, -0.15) is 0 Å². The third-order valence-electron chi connectivity index (χ3n) is 2.55. The molecule has 0 radical (unpaired) electrons. The molecule has 0 fully saturated rings. The molecule has 2 aromatic rings. The number of carboxylic acids is 1. The number of hydrogen-bond donors (Lipinski definition) is 2. The average molecular weight is 262 g/mol. The Bertz CT molecular complexity index is 644. The van der Waals surface area contributed by atoms with E-state index >= 15 is 0 Å². The van der Waals surface area contributed by atoms with Crippen LogP contribution in [0.15, 0.2) is 30.5 Å². The number of nitrogen functional groups attached to an aromatic ring is 1. The van der Waals surface area contributed by atoms with E-state index in [1.54, 1.807) is 25.3 Å². The number of aryl methyl sites for hydroxylation is 1. The van der Waals surface area contributed by atoms with E-state index in [9.17, 15) is 9.18 Å². The first-order valence-corrected chi connectivity index (χ1v) is 5.41. The van der Waals surface area contributed by atoms with Crippen molar-refractivity contribution in [1.29, 1.82) is 0 Å². The zero-order chi connectivity index (χ0) is 14.0. The largest absolute Gasteiger partial charge is 0.477 e. The minimum Gasteiger partial charge on any atom is -0.477 e. The summed E-state index contributed by atoms with van der Waals surface area (Å²) in [7, 11) is 0. The number of nitrogens with two attached hydrogens (primary N) is 1. The molecule has 0 aliphatic heterocycles. The summed E-state index contributed by atoms with van der Waals surface area (Å²) in [5.41, 5.74) is 5.16. The number of carboxylic acid groups (broad SMARTS) is 1. The molecule has 6 heteroatoms. The van der Waals surface area contributed by atoms with E-state index in [1.165, 1.54) is 6.07 Å². The Kier molecular flexibility index (Phi) is 3.33. The first-order valence-electron chi connectivity index (χ1n) is 5.41. The molecule has 19 heavy (non-hydrogen) atoms. The molecule has 0 amide bonds. The van der Waals surface area contributed by atoms with Crippen molar-refractivity contribution in [3.63, 3.8) is 0 Å². The molecule has 2 rings (SSSR count). The highest BCUT2D eigenvalue weighted by Crippen LogP contribution is 2.31. The SMILES string of the molecule is Cc1ncccc1Oc1ccc(F)c(N)c1C(=O)O. The second kappa shape index (κ2) is 4.93. The van der Waals surface area contributed by atoms with Gasteiger partial charge in [0.25, 0.3) is 0 Å². The van der Waals surface area contributed by atoms with Crippen molar-refractivity contribution >= 4 is 11.7 Å². The van der Waals surface area contributed by atoms with Crippen LogP contribution >= 0.6 is 0 Å². The number of carbonyl (C=O) groups is 1. The third-order valence-corrected chi connectivity index (χ3v) is 2.55. The van der Waals surface area contributed by atoms with Crippen LogP contribution in [-0.4, -0.2) is 16.1 Å². The molecular formula is C13H11FN2O3. The van der Waals surface area contributed by atoms with E-state index < -0.39 is 23.0 Å². The van der Waals surface area contributed by atoms with Crippen LogP contribution in [0, 0.1) is 12.7 Å². The topological polar surface area (TPSA) is 85.4 Å². The first kappa shape index (κ1) is 12.8. The summed E-state index contributed by atoms with van der Waals surface area (Å²) in [4.78, 5) is 15.1. The van der Waals surface area contributed by atoms with E-state index in [0.29, 0.717) is 11.4 Å². The van der Waals surface area contributed by atoms with E-state index in [1.807, 2.05) is 0 Å². The fourth-order valence-electron chi connectivity index (χ4n) is 1.58. The molecule has 0 saturated heterocycles. The van der Waals surface area contributed by atoms with Gasteiger partial charge in [-0.3, -0.25) is 4.98 Å². The zero-order valence-electron chi connectivity index (χ0n) is 10.1. The number of aromatic carboxylic acids is 1. The number of pyridine rings is 1. The fraction of sp³-hybridized carbons (Fsp3) is 0.0769. The van der Waals surface area contributed by atoms with E-state index in [2.05, 4.69) is 4.98 Å². The molecule has 0 aliphatic rings. The molecular weight excluding hydrogens is 251 g/mol. The molecule has 98 valence electrons. The minimum atomic E-state index is -1.35. The molecule has 1 heterocycles. The smallest absolute Gasteiger partial charge is 0.341 e. The van der Waals surface area contributed by atoms with Gasteiger partial charge in [0, 0.05) is 6.20 Å². The number of rotatable bonds is 3. The molecule has 0 bridgehead atoms. The highest BCUT2D eigenvalue weighted by Gasteiger charge is 2.19. The van der Waals surface area contributed by atoms with Gasteiger partial charge >= 0.3 is 5.97 Å². The monoisotopic (exact) mass is 262 g/mol. The Balaban J connectivity index is 2.49. The molecule has 0 aliphatic carbocycles. The molecule has 5 nitrogen and oxygen atoms in total. The normalized spacial score (nSPS) is 10.2. The van der Waals surface area contributed by atoms with Gasteiger partial charge in [-0.15, -0.1) is 0 Å². The molecule has 1 aromatic heterocycles. The minimum absolute atomic E-state index is 0.0255. The highest BCUT2D eigenvalue weighted by molar-refractivity contribution is 5.97. The summed E-state index contributed by atoms with van der Waals surface area (Å²) in [6.45, 7) is 1.71. The number of benzene rings is 1. The molecule has 0 saturated carbocycles. The van der Waals surface area contributed by atoms with Crippen LogP contribution < -0.4 is 10.5 Å². The van der Waals surface area contributed by atoms with E-state index in [0.717, 1.165) is 6.07 Å². The van der Waals surface area contributed by atoms with Crippen molar-refractivity contribution in [3.8, 4) is 11.5 Å². The molecule has 3 N–H and O–H groups in total. The van der Waals surface area contributed by atoms with Crippen LogP contribution in [0.2, 0.25) is 0 Å². The number of halogens is 1. The Morgan fingerprint density at radius 3 is 2.74 bits per heavy atom. The maximum absolute atomic E-state index is 13.3. The van der Waals surface area contributed by atoms with Gasteiger partial charge in [0.05, 0.1) is 11.4 Å². The van der Waals surface area contributed by atoms with Crippen molar-refractivity contribution < 1.29 is 19.0 Å². The van der Waals surface area contributed by atoms with Gasteiger partial charge in [-0.25, -0.2) is 9.18 Å². The van der Waals surface area contributed by atoms with E-state index in [-0.39, 0.29) is 5.75 Å². The lowest BCUT2D eigenvalue weighted by Gasteiger charge is -2.12. The maximum atomic E-state index is 13.3. The van der Waals surface area contributed by atoms with E-state index in [4.69, 9.17) is 15.6 Å². The highest BCUT2D eigenvalue weighted by atomic mass is 19.1. The summed E-state index contributed by atoms with van der Waals surface area (Å²) < 4.78 is 18.7. The standard InChI is InChI=1S/C13H11FN2O3/c1-7-9(3-2-6-16-7)19-10-5-4-8(14)12(15)11(10)13(17)18/h2-6H,15H2,1H3,(H,17,18). The average Bonchev–Trinajstić information content (AvgIpc) is 2.36. The van der Waals surface area contributed by atoms with Gasteiger partial charge in [0.1, 0.15) is 22.9 Å². The Morgan fingerprint density at radius 1 is 1.37 bits per heavy atom. The van der Waals surface area contributed by atoms with Crippen molar-refractivity contribution in [2.75, 3.05) is 5.73 Å². The second-order valence-corrected chi connectivity index (χ2v) is 3.83. The van der Waals surface area contributed by atoms with Crippen LogP contribution in [0.3, 0.4) is 0 Å². The third kappa shape index (κ3) is 2.47. The Hall–Kier alpha value is -2.63. The Labute approximate surface area is 108 Å². The van der Waals surface area contributed by atoms with Gasteiger partial charge < -0.3 is 15.6 Å². The lowest BCUT2D eigenvalue weighted by Crippen LogP contribution is -2.07. The predicted octanol–water partition coefficient (Wildman–Crippen LogP) is 2.60. The number of nitrogens with zero attached hydrogens (tertiary/aromatic N) is 1.